The Balaban J connectivity index is 1.20. The zero-order chi connectivity index (χ0) is 23.9. The molecule has 34 heavy (non-hydrogen) atoms. The predicted octanol–water partition coefficient (Wildman–Crippen LogP) is 2.74. The van der Waals surface area contributed by atoms with Gasteiger partial charge in [-0.3, -0.25) is 4.79 Å². The molecule has 1 aliphatic heterocycles. The molecule has 1 heterocycles. The number of hydrogen-bond donors (Lipinski definition) is 3. The van der Waals surface area contributed by atoms with E-state index in [0.717, 1.165) is 28.7 Å². The van der Waals surface area contributed by atoms with E-state index >= 15 is 0 Å². The van der Waals surface area contributed by atoms with Crippen LogP contribution in [0.15, 0.2) is 48.5 Å². The molecule has 0 bridgehead atoms. The van der Waals surface area contributed by atoms with E-state index in [0.29, 0.717) is 12.8 Å². The second-order valence-electron chi connectivity index (χ2n) is 9.63. The number of carboxylic acids is 1. The van der Waals surface area contributed by atoms with Crippen LogP contribution in [0, 0.1) is 5.41 Å². The molecule has 2 amide bonds. The molecule has 2 aromatic carbocycles. The second kappa shape index (κ2) is 8.43. The molecule has 0 aromatic heterocycles. The summed E-state index contributed by atoms with van der Waals surface area (Å²) in [6, 6.07) is 16.2. The SMILES string of the molecule is O=C(NCC1(C(=O)N2CCC(O)(C(=O)O)C2)CCC1)OCC1c2ccccc2-c2ccccc21. The molecule has 1 saturated carbocycles. The van der Waals surface area contributed by atoms with Gasteiger partial charge in [-0.1, -0.05) is 55.0 Å². The first-order valence-electron chi connectivity index (χ1n) is 11.7. The highest BCUT2D eigenvalue weighted by atomic mass is 16.5. The summed E-state index contributed by atoms with van der Waals surface area (Å²) in [5.74, 6) is -1.58. The molecule has 3 aliphatic rings. The fraction of sp³-hybridized carbons (Fsp3) is 0.423. The molecule has 1 atom stereocenters. The molecule has 2 aliphatic carbocycles. The number of nitrogens with zero attached hydrogens (tertiary/aromatic N) is 1. The number of carboxylic acid groups (broad SMARTS) is 1. The van der Waals surface area contributed by atoms with Crippen molar-refractivity contribution >= 4 is 18.0 Å². The number of rotatable bonds is 6. The number of β-amino-alcohol motifs (C(OH)–C–C–N with tert-alkyl or cyclic N) is 1. The van der Waals surface area contributed by atoms with Crippen molar-refractivity contribution in [1.29, 1.82) is 0 Å². The van der Waals surface area contributed by atoms with Crippen molar-refractivity contribution in [2.75, 3.05) is 26.2 Å². The third-order valence-electron chi connectivity index (χ3n) is 7.61. The van der Waals surface area contributed by atoms with E-state index in [-0.39, 0.29) is 44.5 Å². The molecular weight excluding hydrogens is 436 g/mol. The molecule has 3 N–H and O–H groups in total. The van der Waals surface area contributed by atoms with E-state index in [1.807, 2.05) is 24.3 Å². The van der Waals surface area contributed by atoms with E-state index in [4.69, 9.17) is 4.74 Å². The normalized spacial score (nSPS) is 22.4. The number of aliphatic hydroxyl groups is 1. The van der Waals surface area contributed by atoms with E-state index in [2.05, 4.69) is 29.6 Å². The summed E-state index contributed by atoms with van der Waals surface area (Å²) >= 11 is 0. The molecule has 1 saturated heterocycles. The lowest BCUT2D eigenvalue weighted by Gasteiger charge is -2.42. The summed E-state index contributed by atoms with van der Waals surface area (Å²) in [6.45, 7) is 0.283. The lowest BCUT2D eigenvalue weighted by Crippen LogP contribution is -2.54. The first-order valence-corrected chi connectivity index (χ1v) is 11.7. The molecule has 1 unspecified atom stereocenters. The quantitative estimate of drug-likeness (QED) is 0.605. The third-order valence-corrected chi connectivity index (χ3v) is 7.61. The summed E-state index contributed by atoms with van der Waals surface area (Å²) in [7, 11) is 0. The molecule has 8 nitrogen and oxygen atoms in total. The van der Waals surface area contributed by atoms with Crippen molar-refractivity contribution in [2.45, 2.75) is 37.2 Å². The third kappa shape index (κ3) is 3.72. The maximum absolute atomic E-state index is 13.1. The number of amides is 2. The Hall–Kier alpha value is -3.39. The number of nitrogens with one attached hydrogen (secondary N) is 1. The Labute approximate surface area is 197 Å². The number of aliphatic carboxylic acids is 1. The van der Waals surface area contributed by atoms with Crippen molar-refractivity contribution in [1.82, 2.24) is 10.2 Å². The van der Waals surface area contributed by atoms with Gasteiger partial charge in [0.15, 0.2) is 5.60 Å². The lowest BCUT2D eigenvalue weighted by molar-refractivity contribution is -0.158. The predicted molar refractivity (Wildman–Crippen MR) is 123 cm³/mol. The monoisotopic (exact) mass is 464 g/mol. The Morgan fingerprint density at radius 2 is 1.62 bits per heavy atom. The fourth-order valence-electron chi connectivity index (χ4n) is 5.44. The summed E-state index contributed by atoms with van der Waals surface area (Å²) in [5, 5.41) is 22.2. The van der Waals surface area contributed by atoms with Crippen LogP contribution >= 0.6 is 0 Å². The van der Waals surface area contributed by atoms with Gasteiger partial charge < -0.3 is 25.2 Å². The maximum atomic E-state index is 13.1. The van der Waals surface area contributed by atoms with E-state index in [9.17, 15) is 24.6 Å². The van der Waals surface area contributed by atoms with Crippen LogP contribution in [0.3, 0.4) is 0 Å². The van der Waals surface area contributed by atoms with E-state index in [1.54, 1.807) is 0 Å². The number of ether oxygens (including phenoxy) is 1. The van der Waals surface area contributed by atoms with Gasteiger partial charge in [0.2, 0.25) is 5.91 Å². The number of benzene rings is 2. The van der Waals surface area contributed by atoms with Crippen LogP contribution in [-0.2, 0) is 14.3 Å². The van der Waals surface area contributed by atoms with Crippen LogP contribution in [-0.4, -0.2) is 64.9 Å². The first kappa shape index (κ1) is 22.4. The minimum Gasteiger partial charge on any atom is -0.479 e. The standard InChI is InChI=1S/C26H28N2O6/c29-22(28-13-12-26(33,16-28)23(30)31)25(10-5-11-25)15-27-24(32)34-14-21-19-8-3-1-6-17(19)18-7-2-4-9-20(18)21/h1-4,6-9,21,33H,5,10-16H2,(H,27,32)(H,30,31). The minimum absolute atomic E-state index is 0.00393. The zero-order valence-electron chi connectivity index (χ0n) is 18.8. The van der Waals surface area contributed by atoms with Crippen molar-refractivity contribution in [3.8, 4) is 11.1 Å². The Kier molecular flexibility index (Phi) is 5.56. The summed E-state index contributed by atoms with van der Waals surface area (Å²) in [6.07, 6.45) is 1.50. The minimum atomic E-state index is -1.90. The number of alkyl carbamates (subject to hydrolysis) is 1. The van der Waals surface area contributed by atoms with Crippen LogP contribution < -0.4 is 5.32 Å². The fourth-order valence-corrected chi connectivity index (χ4v) is 5.44. The smallest absolute Gasteiger partial charge is 0.407 e. The largest absolute Gasteiger partial charge is 0.479 e. The van der Waals surface area contributed by atoms with Gasteiger partial charge in [-0.05, 0) is 35.1 Å². The maximum Gasteiger partial charge on any atom is 0.407 e. The van der Waals surface area contributed by atoms with Crippen LogP contribution in [0.2, 0.25) is 0 Å². The van der Waals surface area contributed by atoms with Gasteiger partial charge in [-0.15, -0.1) is 0 Å². The first-order chi connectivity index (χ1) is 16.3. The molecule has 2 aromatic rings. The number of fused-ring (bicyclic) bond motifs is 3. The Bertz CT molecular complexity index is 1100. The lowest BCUT2D eigenvalue weighted by atomic mass is 9.67. The van der Waals surface area contributed by atoms with Crippen LogP contribution in [0.4, 0.5) is 4.79 Å². The molecular formula is C26H28N2O6. The van der Waals surface area contributed by atoms with Gasteiger partial charge in [0, 0.05) is 25.4 Å². The summed E-state index contributed by atoms with van der Waals surface area (Å²) in [5.41, 5.74) is 1.89. The van der Waals surface area contributed by atoms with Crippen molar-refractivity contribution in [2.24, 2.45) is 5.41 Å². The van der Waals surface area contributed by atoms with E-state index in [1.165, 1.54) is 4.90 Å². The van der Waals surface area contributed by atoms with Gasteiger partial charge in [-0.2, -0.15) is 0 Å². The molecule has 5 rings (SSSR count). The zero-order valence-corrected chi connectivity index (χ0v) is 18.8. The Morgan fingerprint density at radius 1 is 1.00 bits per heavy atom. The summed E-state index contributed by atoms with van der Waals surface area (Å²) < 4.78 is 5.58. The number of carbonyl (C=O) groups is 3. The van der Waals surface area contributed by atoms with Crippen LogP contribution in [0.25, 0.3) is 11.1 Å². The Morgan fingerprint density at radius 3 is 2.15 bits per heavy atom. The van der Waals surface area contributed by atoms with Gasteiger partial charge in [-0.25, -0.2) is 9.59 Å². The number of carbonyl (C=O) groups excluding carboxylic acids is 2. The van der Waals surface area contributed by atoms with Gasteiger partial charge in [0.25, 0.3) is 0 Å². The molecule has 0 radical (unpaired) electrons. The van der Waals surface area contributed by atoms with Gasteiger partial charge >= 0.3 is 12.1 Å². The highest BCUT2D eigenvalue weighted by molar-refractivity contribution is 5.87. The van der Waals surface area contributed by atoms with Crippen LogP contribution in [0.5, 0.6) is 0 Å². The summed E-state index contributed by atoms with van der Waals surface area (Å²) in [4.78, 5) is 38.4. The van der Waals surface area contributed by atoms with Crippen molar-refractivity contribution in [3.63, 3.8) is 0 Å². The van der Waals surface area contributed by atoms with Crippen molar-refractivity contribution in [3.05, 3.63) is 59.7 Å². The number of hydrogen-bond acceptors (Lipinski definition) is 5. The highest BCUT2D eigenvalue weighted by Gasteiger charge is 2.51. The molecule has 0 spiro atoms. The van der Waals surface area contributed by atoms with Gasteiger partial charge in [0.05, 0.1) is 12.0 Å². The molecule has 2 fully saturated rings. The molecule has 178 valence electrons. The average molecular weight is 465 g/mol. The average Bonchev–Trinajstić information content (AvgIpc) is 3.36. The van der Waals surface area contributed by atoms with Crippen molar-refractivity contribution < 1.29 is 29.3 Å². The second-order valence-corrected chi connectivity index (χ2v) is 9.63. The number of likely N-dealkylation sites (tertiary alicyclic amines) is 1. The topological polar surface area (TPSA) is 116 Å². The highest BCUT2D eigenvalue weighted by Crippen LogP contribution is 2.45. The van der Waals surface area contributed by atoms with Gasteiger partial charge in [0.1, 0.15) is 6.61 Å². The van der Waals surface area contributed by atoms with Crippen LogP contribution in [0.1, 0.15) is 42.7 Å². The van der Waals surface area contributed by atoms with E-state index < -0.39 is 23.1 Å². The molecule has 8 heteroatoms.